The summed E-state index contributed by atoms with van der Waals surface area (Å²) in [7, 11) is 0. The minimum absolute atomic E-state index is 0.129. The van der Waals surface area contributed by atoms with Gasteiger partial charge < -0.3 is 24.6 Å². The van der Waals surface area contributed by atoms with Crippen molar-refractivity contribution < 1.29 is 33.7 Å². The number of carboxylic acids is 1. The van der Waals surface area contributed by atoms with Crippen molar-refractivity contribution in [3.63, 3.8) is 0 Å². The molecule has 0 aromatic heterocycles. The second kappa shape index (κ2) is 14.9. The van der Waals surface area contributed by atoms with E-state index in [1.807, 2.05) is 0 Å². The molecule has 0 fully saturated rings. The molecule has 0 aromatic carbocycles. The molecule has 2 N–H and O–H groups in total. The highest BCUT2D eigenvalue weighted by atomic mass is 16.5. The predicted octanol–water partition coefficient (Wildman–Crippen LogP) is -0.394. The van der Waals surface area contributed by atoms with Crippen molar-refractivity contribution in [2.24, 2.45) is 0 Å². The SMILES string of the molecule is O=CC(=O)OCCCOCCOCCNCCCC(=O)O. The molecule has 0 saturated heterocycles. The lowest BCUT2D eigenvalue weighted by molar-refractivity contribution is -0.149. The van der Waals surface area contributed by atoms with Crippen molar-refractivity contribution in [3.05, 3.63) is 0 Å². The summed E-state index contributed by atoms with van der Waals surface area (Å²) in [5, 5.41) is 11.5. The van der Waals surface area contributed by atoms with Gasteiger partial charge in [0, 0.05) is 26.0 Å². The van der Waals surface area contributed by atoms with Gasteiger partial charge in [-0.25, -0.2) is 4.79 Å². The number of carbonyl (C=O) groups is 3. The number of esters is 1. The summed E-state index contributed by atoms with van der Waals surface area (Å²) in [6.07, 6.45) is 1.44. The lowest BCUT2D eigenvalue weighted by Crippen LogP contribution is -2.22. The van der Waals surface area contributed by atoms with Gasteiger partial charge in [-0.05, 0) is 13.0 Å². The molecular weight excluding hydrogens is 282 g/mol. The van der Waals surface area contributed by atoms with Gasteiger partial charge in [-0.3, -0.25) is 9.59 Å². The van der Waals surface area contributed by atoms with Gasteiger partial charge in [0.1, 0.15) is 0 Å². The summed E-state index contributed by atoms with van der Waals surface area (Å²) in [4.78, 5) is 30.6. The number of carboxylic acid groups (broad SMARTS) is 1. The molecule has 0 aromatic rings. The van der Waals surface area contributed by atoms with Crippen LogP contribution in [0.5, 0.6) is 0 Å². The fraction of sp³-hybridized carbons (Fsp3) is 0.769. The summed E-state index contributed by atoms with van der Waals surface area (Å²) >= 11 is 0. The molecule has 8 heteroatoms. The first-order valence-electron chi connectivity index (χ1n) is 6.86. The highest BCUT2D eigenvalue weighted by Gasteiger charge is 1.98. The van der Waals surface area contributed by atoms with Crippen LogP contribution in [-0.2, 0) is 28.6 Å². The van der Waals surface area contributed by atoms with Crippen LogP contribution >= 0.6 is 0 Å². The van der Waals surface area contributed by atoms with Crippen molar-refractivity contribution in [1.29, 1.82) is 0 Å². The molecular formula is C13H23NO7. The zero-order valence-corrected chi connectivity index (χ0v) is 12.0. The minimum atomic E-state index is -0.866. The highest BCUT2D eigenvalue weighted by molar-refractivity contribution is 6.20. The third-order valence-corrected chi connectivity index (χ3v) is 2.31. The summed E-state index contributed by atoms with van der Waals surface area (Å²) in [6, 6.07) is 0. The van der Waals surface area contributed by atoms with E-state index in [4.69, 9.17) is 14.6 Å². The number of nitrogens with one attached hydrogen (secondary N) is 1. The second-order valence-corrected chi connectivity index (χ2v) is 4.11. The maximum absolute atomic E-state index is 10.5. The Morgan fingerprint density at radius 1 is 0.952 bits per heavy atom. The number of carbonyl (C=O) groups excluding carboxylic acids is 2. The van der Waals surface area contributed by atoms with E-state index < -0.39 is 11.9 Å². The van der Waals surface area contributed by atoms with E-state index >= 15 is 0 Å². The lowest BCUT2D eigenvalue weighted by atomic mass is 10.3. The Hall–Kier alpha value is -1.51. The number of rotatable bonds is 15. The molecule has 0 atom stereocenters. The van der Waals surface area contributed by atoms with Gasteiger partial charge in [0.05, 0.1) is 26.4 Å². The third-order valence-electron chi connectivity index (χ3n) is 2.31. The minimum Gasteiger partial charge on any atom is -0.481 e. The van der Waals surface area contributed by atoms with E-state index in [2.05, 4.69) is 10.1 Å². The average Bonchev–Trinajstić information content (AvgIpc) is 2.46. The zero-order chi connectivity index (χ0) is 15.8. The van der Waals surface area contributed by atoms with Crippen LogP contribution in [0.2, 0.25) is 0 Å². The van der Waals surface area contributed by atoms with Gasteiger partial charge >= 0.3 is 11.9 Å². The summed E-state index contributed by atoms with van der Waals surface area (Å²) < 4.78 is 15.1. The Kier molecular flexibility index (Phi) is 13.8. The molecule has 0 bridgehead atoms. The van der Waals surface area contributed by atoms with Crippen molar-refractivity contribution in [2.45, 2.75) is 19.3 Å². The first kappa shape index (κ1) is 19.5. The Morgan fingerprint density at radius 2 is 1.67 bits per heavy atom. The van der Waals surface area contributed by atoms with Crippen molar-refractivity contribution >= 4 is 18.2 Å². The Bertz CT molecular complexity index is 296. The molecule has 0 heterocycles. The quantitative estimate of drug-likeness (QED) is 0.182. The number of hydrogen-bond donors (Lipinski definition) is 2. The maximum atomic E-state index is 10.5. The average molecular weight is 305 g/mol. The van der Waals surface area contributed by atoms with Gasteiger partial charge in [0.2, 0.25) is 6.29 Å². The topological polar surface area (TPSA) is 111 Å². The van der Waals surface area contributed by atoms with Gasteiger partial charge in [0.25, 0.3) is 0 Å². The van der Waals surface area contributed by atoms with Gasteiger partial charge in [-0.2, -0.15) is 0 Å². The number of hydrogen-bond acceptors (Lipinski definition) is 7. The molecule has 21 heavy (non-hydrogen) atoms. The zero-order valence-electron chi connectivity index (χ0n) is 12.0. The molecule has 0 aliphatic carbocycles. The van der Waals surface area contributed by atoms with E-state index in [1.165, 1.54) is 0 Å². The van der Waals surface area contributed by atoms with Crippen LogP contribution in [-0.4, -0.2) is 69.5 Å². The van der Waals surface area contributed by atoms with E-state index in [-0.39, 0.29) is 19.3 Å². The molecule has 0 aliphatic heterocycles. The fourth-order valence-electron chi connectivity index (χ4n) is 1.32. The largest absolute Gasteiger partial charge is 0.481 e. The van der Waals surface area contributed by atoms with E-state index in [9.17, 15) is 14.4 Å². The lowest BCUT2D eigenvalue weighted by Gasteiger charge is -2.07. The first-order chi connectivity index (χ1) is 10.2. The second-order valence-electron chi connectivity index (χ2n) is 4.11. The van der Waals surface area contributed by atoms with Crippen LogP contribution in [0, 0.1) is 0 Å². The summed E-state index contributed by atoms with van der Waals surface area (Å²) in [5.74, 6) is -1.65. The molecule has 0 unspecified atom stereocenters. The van der Waals surface area contributed by atoms with Crippen LogP contribution in [0.4, 0.5) is 0 Å². The molecule has 0 radical (unpaired) electrons. The van der Waals surface area contributed by atoms with Gasteiger partial charge in [-0.1, -0.05) is 0 Å². The van der Waals surface area contributed by atoms with Gasteiger partial charge in [-0.15, -0.1) is 0 Å². The molecule has 0 spiro atoms. The van der Waals surface area contributed by atoms with Crippen molar-refractivity contribution in [2.75, 3.05) is 46.1 Å². The Labute approximate surface area is 123 Å². The number of aldehydes is 1. The predicted molar refractivity (Wildman–Crippen MR) is 73.0 cm³/mol. The van der Waals surface area contributed by atoms with Crippen LogP contribution < -0.4 is 5.32 Å². The normalized spacial score (nSPS) is 10.3. The third kappa shape index (κ3) is 16.4. The van der Waals surface area contributed by atoms with Crippen LogP contribution in [0.1, 0.15) is 19.3 Å². The van der Waals surface area contributed by atoms with E-state index in [0.29, 0.717) is 52.4 Å². The highest BCUT2D eigenvalue weighted by Crippen LogP contribution is 1.87. The van der Waals surface area contributed by atoms with Crippen LogP contribution in [0.25, 0.3) is 0 Å². The van der Waals surface area contributed by atoms with E-state index in [1.54, 1.807) is 0 Å². The van der Waals surface area contributed by atoms with Crippen LogP contribution in [0.15, 0.2) is 0 Å². The Morgan fingerprint density at radius 3 is 2.33 bits per heavy atom. The molecule has 0 aliphatic rings. The number of ether oxygens (including phenoxy) is 3. The molecule has 0 rings (SSSR count). The van der Waals surface area contributed by atoms with Crippen LogP contribution in [0.3, 0.4) is 0 Å². The number of aliphatic carboxylic acids is 1. The monoisotopic (exact) mass is 305 g/mol. The first-order valence-corrected chi connectivity index (χ1v) is 6.86. The molecule has 0 amide bonds. The molecule has 122 valence electrons. The fourth-order valence-corrected chi connectivity index (χ4v) is 1.32. The molecule has 0 saturated carbocycles. The van der Waals surface area contributed by atoms with E-state index in [0.717, 1.165) is 0 Å². The maximum Gasteiger partial charge on any atom is 0.371 e. The summed E-state index contributed by atoms with van der Waals surface area (Å²) in [6.45, 7) is 3.37. The van der Waals surface area contributed by atoms with Gasteiger partial charge in [0.15, 0.2) is 0 Å². The summed E-state index contributed by atoms with van der Waals surface area (Å²) in [5.41, 5.74) is 0. The smallest absolute Gasteiger partial charge is 0.371 e. The van der Waals surface area contributed by atoms with Crippen molar-refractivity contribution in [3.8, 4) is 0 Å². The Balaban J connectivity index is 3.04. The molecule has 8 nitrogen and oxygen atoms in total. The standard InChI is InChI=1S/C13H23NO7/c15-11-13(18)21-7-2-6-19-9-10-20-8-5-14-4-1-3-12(16)17/h11,14H,1-10H2,(H,16,17). The van der Waals surface area contributed by atoms with Crippen molar-refractivity contribution in [1.82, 2.24) is 5.32 Å².